The SMILES string of the molecule is NC(N)(CO)c1cc[nH]n1. The maximum atomic E-state index is 8.66. The Morgan fingerprint density at radius 2 is 2.40 bits per heavy atom. The van der Waals surface area contributed by atoms with Crippen molar-refractivity contribution in [2.75, 3.05) is 6.61 Å². The summed E-state index contributed by atoms with van der Waals surface area (Å²) in [7, 11) is 0. The molecule has 0 unspecified atom stereocenters. The molecule has 10 heavy (non-hydrogen) atoms. The summed E-state index contributed by atoms with van der Waals surface area (Å²) in [6, 6.07) is 1.62. The number of nitrogens with two attached hydrogens (primary N) is 2. The van der Waals surface area contributed by atoms with Gasteiger partial charge < -0.3 is 16.6 Å². The summed E-state index contributed by atoms with van der Waals surface area (Å²) in [6.45, 7) is -0.322. The maximum Gasteiger partial charge on any atom is 0.133 e. The van der Waals surface area contributed by atoms with Crippen molar-refractivity contribution in [3.63, 3.8) is 0 Å². The molecule has 1 aromatic heterocycles. The van der Waals surface area contributed by atoms with Crippen LogP contribution in [0.2, 0.25) is 0 Å². The van der Waals surface area contributed by atoms with E-state index in [-0.39, 0.29) is 6.61 Å². The molecule has 1 heterocycles. The van der Waals surface area contributed by atoms with Crippen LogP contribution in [0.1, 0.15) is 5.69 Å². The van der Waals surface area contributed by atoms with E-state index in [0.717, 1.165) is 0 Å². The average Bonchev–Trinajstić information content (AvgIpc) is 2.38. The van der Waals surface area contributed by atoms with Crippen LogP contribution in [0.3, 0.4) is 0 Å². The summed E-state index contributed by atoms with van der Waals surface area (Å²) in [5, 5.41) is 14.9. The number of hydrogen-bond acceptors (Lipinski definition) is 4. The van der Waals surface area contributed by atoms with Gasteiger partial charge in [0.25, 0.3) is 0 Å². The molecule has 0 saturated carbocycles. The molecule has 0 bridgehead atoms. The fraction of sp³-hybridized carbons (Fsp3) is 0.400. The van der Waals surface area contributed by atoms with Crippen molar-refractivity contribution in [3.05, 3.63) is 18.0 Å². The van der Waals surface area contributed by atoms with Crippen molar-refractivity contribution < 1.29 is 5.11 Å². The van der Waals surface area contributed by atoms with Crippen molar-refractivity contribution >= 4 is 0 Å². The quantitative estimate of drug-likeness (QED) is 0.376. The van der Waals surface area contributed by atoms with Crippen molar-refractivity contribution in [2.24, 2.45) is 11.5 Å². The molecule has 0 aromatic carbocycles. The second-order valence-electron chi connectivity index (χ2n) is 2.16. The molecule has 0 radical (unpaired) electrons. The van der Waals surface area contributed by atoms with Gasteiger partial charge in [0, 0.05) is 6.20 Å². The zero-order valence-corrected chi connectivity index (χ0v) is 5.41. The zero-order valence-electron chi connectivity index (χ0n) is 5.41. The number of aromatic nitrogens is 2. The second kappa shape index (κ2) is 2.37. The van der Waals surface area contributed by atoms with Crippen molar-refractivity contribution in [1.82, 2.24) is 10.2 Å². The van der Waals surface area contributed by atoms with Crippen LogP contribution in [0.15, 0.2) is 12.3 Å². The Hall–Kier alpha value is -0.910. The van der Waals surface area contributed by atoms with Crippen LogP contribution in [0.5, 0.6) is 0 Å². The van der Waals surface area contributed by atoms with Crippen molar-refractivity contribution in [3.8, 4) is 0 Å². The molecule has 1 aromatic rings. The van der Waals surface area contributed by atoms with Gasteiger partial charge in [-0.3, -0.25) is 5.10 Å². The third kappa shape index (κ3) is 1.15. The lowest BCUT2D eigenvalue weighted by molar-refractivity contribution is 0.197. The molecule has 56 valence electrons. The highest BCUT2D eigenvalue weighted by Crippen LogP contribution is 2.05. The number of nitrogens with one attached hydrogen (secondary N) is 1. The Balaban J connectivity index is 2.85. The van der Waals surface area contributed by atoms with Crippen LogP contribution in [0, 0.1) is 0 Å². The number of H-pyrrole nitrogens is 1. The number of nitrogens with zero attached hydrogens (tertiary/aromatic N) is 1. The number of aliphatic hydroxyl groups excluding tert-OH is 1. The zero-order chi connectivity index (χ0) is 7.61. The van der Waals surface area contributed by atoms with Gasteiger partial charge in [0.2, 0.25) is 0 Å². The number of aromatic amines is 1. The highest BCUT2D eigenvalue weighted by molar-refractivity contribution is 5.09. The standard InChI is InChI=1S/C5H10N4O/c6-5(7,3-10)4-1-2-8-9-4/h1-2,10H,3,6-7H2,(H,8,9). The first-order chi connectivity index (χ1) is 4.67. The minimum Gasteiger partial charge on any atom is -0.393 e. The predicted octanol–water partition coefficient (Wildman–Crippen LogP) is -1.53. The Kier molecular flexibility index (Phi) is 1.71. The molecule has 5 nitrogen and oxygen atoms in total. The van der Waals surface area contributed by atoms with Gasteiger partial charge in [-0.1, -0.05) is 0 Å². The average molecular weight is 142 g/mol. The van der Waals surface area contributed by atoms with E-state index in [2.05, 4.69) is 10.2 Å². The lowest BCUT2D eigenvalue weighted by Crippen LogP contribution is -2.49. The van der Waals surface area contributed by atoms with Crippen LogP contribution in [0.25, 0.3) is 0 Å². The lowest BCUT2D eigenvalue weighted by atomic mass is 10.1. The molecule has 0 aliphatic rings. The van der Waals surface area contributed by atoms with Gasteiger partial charge in [-0.2, -0.15) is 5.10 Å². The number of rotatable bonds is 2. The van der Waals surface area contributed by atoms with E-state index >= 15 is 0 Å². The van der Waals surface area contributed by atoms with E-state index < -0.39 is 5.66 Å². The van der Waals surface area contributed by atoms with E-state index in [1.165, 1.54) is 0 Å². The molecule has 0 fully saturated rings. The summed E-state index contributed by atoms with van der Waals surface area (Å²) in [6.07, 6.45) is 1.60. The van der Waals surface area contributed by atoms with E-state index in [4.69, 9.17) is 16.6 Å². The molecule has 5 heteroatoms. The summed E-state index contributed by atoms with van der Waals surface area (Å²) < 4.78 is 0. The van der Waals surface area contributed by atoms with Gasteiger partial charge >= 0.3 is 0 Å². The molecular formula is C5H10N4O. The summed E-state index contributed by atoms with van der Waals surface area (Å²) in [5.74, 6) is 0. The minimum atomic E-state index is -1.22. The third-order valence-electron chi connectivity index (χ3n) is 1.24. The topological polar surface area (TPSA) is 101 Å². The summed E-state index contributed by atoms with van der Waals surface area (Å²) >= 11 is 0. The first-order valence-electron chi connectivity index (χ1n) is 2.86. The van der Waals surface area contributed by atoms with Crippen LogP contribution < -0.4 is 11.5 Å². The fourth-order valence-electron chi connectivity index (χ4n) is 0.601. The largest absolute Gasteiger partial charge is 0.393 e. The van der Waals surface area contributed by atoms with Crippen LogP contribution in [0.4, 0.5) is 0 Å². The van der Waals surface area contributed by atoms with Crippen LogP contribution in [-0.4, -0.2) is 21.9 Å². The van der Waals surface area contributed by atoms with E-state index in [9.17, 15) is 0 Å². The maximum absolute atomic E-state index is 8.66. The minimum absolute atomic E-state index is 0.322. The number of aliphatic hydroxyl groups is 1. The molecular weight excluding hydrogens is 132 g/mol. The fourth-order valence-corrected chi connectivity index (χ4v) is 0.601. The monoisotopic (exact) mass is 142 g/mol. The highest BCUT2D eigenvalue weighted by atomic mass is 16.3. The molecule has 0 atom stereocenters. The van der Waals surface area contributed by atoms with Gasteiger partial charge in [-0.15, -0.1) is 0 Å². The second-order valence-corrected chi connectivity index (χ2v) is 2.16. The third-order valence-corrected chi connectivity index (χ3v) is 1.24. The number of hydrogen-bond donors (Lipinski definition) is 4. The van der Waals surface area contributed by atoms with Gasteiger partial charge in [0.1, 0.15) is 5.66 Å². The first kappa shape index (κ1) is 7.20. The Morgan fingerprint density at radius 1 is 1.70 bits per heavy atom. The van der Waals surface area contributed by atoms with Gasteiger partial charge in [0.05, 0.1) is 12.3 Å². The first-order valence-corrected chi connectivity index (χ1v) is 2.86. The summed E-state index contributed by atoms with van der Waals surface area (Å²) in [4.78, 5) is 0. The van der Waals surface area contributed by atoms with Crippen LogP contribution >= 0.6 is 0 Å². The van der Waals surface area contributed by atoms with Crippen molar-refractivity contribution in [2.45, 2.75) is 5.66 Å². The normalized spacial score (nSPS) is 11.9. The molecule has 6 N–H and O–H groups in total. The molecule has 0 amide bonds. The van der Waals surface area contributed by atoms with Crippen molar-refractivity contribution in [1.29, 1.82) is 0 Å². The lowest BCUT2D eigenvalue weighted by Gasteiger charge is -2.17. The molecule has 0 saturated heterocycles. The van der Waals surface area contributed by atoms with Gasteiger partial charge in [-0.25, -0.2) is 0 Å². The van der Waals surface area contributed by atoms with Gasteiger partial charge in [0.15, 0.2) is 0 Å². The Labute approximate surface area is 58.0 Å². The van der Waals surface area contributed by atoms with E-state index in [1.807, 2.05) is 0 Å². The molecule has 0 aliphatic heterocycles. The highest BCUT2D eigenvalue weighted by Gasteiger charge is 2.22. The Bertz CT molecular complexity index is 193. The predicted molar refractivity (Wildman–Crippen MR) is 35.7 cm³/mol. The summed E-state index contributed by atoms with van der Waals surface area (Å²) in [5.41, 5.74) is 10.1. The molecule has 0 aliphatic carbocycles. The van der Waals surface area contributed by atoms with E-state index in [1.54, 1.807) is 12.3 Å². The molecule has 0 spiro atoms. The van der Waals surface area contributed by atoms with Crippen LogP contribution in [-0.2, 0) is 5.66 Å². The van der Waals surface area contributed by atoms with E-state index in [0.29, 0.717) is 5.69 Å². The Morgan fingerprint density at radius 3 is 2.80 bits per heavy atom. The molecule has 1 rings (SSSR count). The van der Waals surface area contributed by atoms with Gasteiger partial charge in [-0.05, 0) is 6.07 Å². The smallest absolute Gasteiger partial charge is 0.133 e.